The van der Waals surface area contributed by atoms with Gasteiger partial charge in [-0.2, -0.15) is 0 Å². The van der Waals surface area contributed by atoms with E-state index in [2.05, 4.69) is 22.4 Å². The number of rotatable bonds is 5. The summed E-state index contributed by atoms with van der Waals surface area (Å²) in [5.41, 5.74) is 1.97. The molecule has 124 valence electrons. The quantitative estimate of drug-likeness (QED) is 0.886. The number of pyridine rings is 1. The van der Waals surface area contributed by atoms with Crippen LogP contribution >= 0.6 is 0 Å². The van der Waals surface area contributed by atoms with Gasteiger partial charge in [-0.1, -0.05) is 36.8 Å². The molecule has 2 N–H and O–H groups in total. The van der Waals surface area contributed by atoms with E-state index in [9.17, 15) is 9.59 Å². The number of hydrogen-bond acceptors (Lipinski definition) is 3. The monoisotopic (exact) mass is 324 g/mol. The fraction of sp³-hybridized carbons (Fsp3) is 0.316. The summed E-state index contributed by atoms with van der Waals surface area (Å²) in [5, 5.41) is 12.0. The average molecular weight is 324 g/mol. The molecule has 1 aromatic heterocycles. The highest BCUT2D eigenvalue weighted by atomic mass is 16.4. The second kappa shape index (κ2) is 6.43. The Kier molecular flexibility index (Phi) is 4.34. The van der Waals surface area contributed by atoms with Gasteiger partial charge in [-0.15, -0.1) is 0 Å². The summed E-state index contributed by atoms with van der Waals surface area (Å²) in [6.07, 6.45) is 3.28. The third-order valence-corrected chi connectivity index (χ3v) is 4.83. The van der Waals surface area contributed by atoms with E-state index < -0.39 is 5.97 Å². The van der Waals surface area contributed by atoms with Crippen molar-refractivity contribution < 1.29 is 14.7 Å². The van der Waals surface area contributed by atoms with Gasteiger partial charge < -0.3 is 10.4 Å². The zero-order valence-corrected chi connectivity index (χ0v) is 13.6. The fourth-order valence-electron chi connectivity index (χ4n) is 3.22. The highest BCUT2D eigenvalue weighted by Crippen LogP contribution is 2.43. The van der Waals surface area contributed by atoms with Crippen molar-refractivity contribution in [3.8, 4) is 0 Å². The van der Waals surface area contributed by atoms with Crippen LogP contribution in [0.2, 0.25) is 0 Å². The molecule has 1 aliphatic carbocycles. The van der Waals surface area contributed by atoms with Crippen LogP contribution in [0, 0.1) is 6.92 Å². The molecule has 5 nitrogen and oxygen atoms in total. The molecule has 24 heavy (non-hydrogen) atoms. The molecule has 3 rings (SSSR count). The predicted octanol–water partition coefficient (Wildman–Crippen LogP) is 2.94. The number of aromatic carboxylic acids is 1. The van der Waals surface area contributed by atoms with Crippen LogP contribution in [-0.2, 0) is 5.41 Å². The molecule has 0 atom stereocenters. The van der Waals surface area contributed by atoms with Crippen LogP contribution in [0.25, 0.3) is 0 Å². The largest absolute Gasteiger partial charge is 0.478 e. The van der Waals surface area contributed by atoms with E-state index in [-0.39, 0.29) is 22.6 Å². The summed E-state index contributed by atoms with van der Waals surface area (Å²) < 4.78 is 0. The first-order valence-corrected chi connectivity index (χ1v) is 8.06. The summed E-state index contributed by atoms with van der Waals surface area (Å²) in [5.74, 6) is -1.30. The first kappa shape index (κ1) is 16.2. The van der Waals surface area contributed by atoms with Crippen molar-refractivity contribution in [3.05, 3.63) is 65.0 Å². The van der Waals surface area contributed by atoms with Crippen LogP contribution in [-0.4, -0.2) is 28.5 Å². The van der Waals surface area contributed by atoms with Crippen LogP contribution in [0.15, 0.2) is 42.5 Å². The van der Waals surface area contributed by atoms with Gasteiger partial charge in [-0.25, -0.2) is 9.78 Å². The van der Waals surface area contributed by atoms with E-state index in [4.69, 9.17) is 5.11 Å². The number of aryl methyl sites for hydroxylation is 1. The average Bonchev–Trinajstić information content (AvgIpc) is 2.54. The lowest BCUT2D eigenvalue weighted by Gasteiger charge is -2.42. The molecule has 1 amide bonds. The summed E-state index contributed by atoms with van der Waals surface area (Å²) in [7, 11) is 0. The minimum atomic E-state index is -1.04. The van der Waals surface area contributed by atoms with Gasteiger partial charge in [-0.3, -0.25) is 4.79 Å². The molecular formula is C19H20N2O3. The van der Waals surface area contributed by atoms with Crippen LogP contribution in [0.5, 0.6) is 0 Å². The Labute approximate surface area is 140 Å². The Bertz CT molecular complexity index is 767. The van der Waals surface area contributed by atoms with Crippen molar-refractivity contribution in [1.82, 2.24) is 10.3 Å². The summed E-state index contributed by atoms with van der Waals surface area (Å²) in [6, 6.07) is 13.1. The smallest absolute Gasteiger partial charge is 0.337 e. The normalized spacial score (nSPS) is 15.4. The van der Waals surface area contributed by atoms with E-state index in [1.165, 1.54) is 17.7 Å². The van der Waals surface area contributed by atoms with Crippen LogP contribution in [0.4, 0.5) is 0 Å². The molecule has 2 aromatic rings. The highest BCUT2D eigenvalue weighted by Gasteiger charge is 2.38. The second-order valence-electron chi connectivity index (χ2n) is 6.32. The predicted molar refractivity (Wildman–Crippen MR) is 90.2 cm³/mol. The summed E-state index contributed by atoms with van der Waals surface area (Å²) in [4.78, 5) is 27.5. The number of amides is 1. The van der Waals surface area contributed by atoms with Gasteiger partial charge in [0.25, 0.3) is 5.91 Å². The van der Waals surface area contributed by atoms with Gasteiger partial charge in [0.05, 0.1) is 11.3 Å². The fourth-order valence-corrected chi connectivity index (χ4v) is 3.22. The van der Waals surface area contributed by atoms with Gasteiger partial charge >= 0.3 is 5.97 Å². The Balaban J connectivity index is 1.71. The van der Waals surface area contributed by atoms with Gasteiger partial charge in [0.2, 0.25) is 0 Å². The molecule has 5 heteroatoms. The molecule has 0 bridgehead atoms. The lowest BCUT2D eigenvalue weighted by Crippen LogP contribution is -2.45. The number of carbonyl (C=O) groups excluding carboxylic acids is 1. The SMILES string of the molecule is Cc1nc(C(=O)NCC2(c3ccccc3)CCC2)ccc1C(=O)O. The molecule has 1 saturated carbocycles. The molecule has 1 heterocycles. The molecule has 1 aliphatic rings. The van der Waals surface area contributed by atoms with Gasteiger partial charge in [0, 0.05) is 12.0 Å². The Morgan fingerprint density at radius 3 is 2.42 bits per heavy atom. The van der Waals surface area contributed by atoms with Crippen molar-refractivity contribution in [2.75, 3.05) is 6.54 Å². The molecule has 0 aliphatic heterocycles. The topological polar surface area (TPSA) is 79.3 Å². The van der Waals surface area contributed by atoms with E-state index in [1.54, 1.807) is 6.92 Å². The van der Waals surface area contributed by atoms with Crippen molar-refractivity contribution in [3.63, 3.8) is 0 Å². The second-order valence-corrected chi connectivity index (χ2v) is 6.32. The maximum absolute atomic E-state index is 12.4. The summed E-state index contributed by atoms with van der Waals surface area (Å²) in [6.45, 7) is 2.16. The van der Waals surface area contributed by atoms with E-state index in [0.717, 1.165) is 19.3 Å². The lowest BCUT2D eigenvalue weighted by atomic mass is 9.64. The number of aromatic nitrogens is 1. The zero-order valence-electron chi connectivity index (χ0n) is 13.6. The number of carboxylic acids is 1. The Hall–Kier alpha value is -2.69. The number of carboxylic acid groups (broad SMARTS) is 1. The maximum Gasteiger partial charge on any atom is 0.337 e. The molecule has 1 fully saturated rings. The van der Waals surface area contributed by atoms with Gasteiger partial charge in [-0.05, 0) is 37.5 Å². The Morgan fingerprint density at radius 2 is 1.88 bits per heavy atom. The van der Waals surface area contributed by atoms with E-state index >= 15 is 0 Å². The highest BCUT2D eigenvalue weighted by molar-refractivity contribution is 5.94. The summed E-state index contributed by atoms with van der Waals surface area (Å²) >= 11 is 0. The lowest BCUT2D eigenvalue weighted by molar-refractivity contribution is 0.0694. The van der Waals surface area contributed by atoms with Crippen LogP contribution in [0.1, 0.15) is 51.4 Å². The first-order chi connectivity index (χ1) is 11.5. The number of benzene rings is 1. The zero-order chi connectivity index (χ0) is 17.2. The number of carbonyl (C=O) groups is 2. The number of nitrogens with zero attached hydrogens (tertiary/aromatic N) is 1. The van der Waals surface area contributed by atoms with Crippen LogP contribution in [0.3, 0.4) is 0 Å². The minimum absolute atomic E-state index is 0.00691. The maximum atomic E-state index is 12.4. The van der Waals surface area contributed by atoms with Crippen molar-refractivity contribution in [2.24, 2.45) is 0 Å². The molecular weight excluding hydrogens is 304 g/mol. The minimum Gasteiger partial charge on any atom is -0.478 e. The molecule has 0 radical (unpaired) electrons. The van der Waals surface area contributed by atoms with Crippen molar-refractivity contribution >= 4 is 11.9 Å². The van der Waals surface area contributed by atoms with Gasteiger partial charge in [0.15, 0.2) is 0 Å². The standard InChI is InChI=1S/C19H20N2O3/c1-13-15(18(23)24)8-9-16(21-13)17(22)20-12-19(10-5-11-19)14-6-3-2-4-7-14/h2-4,6-9H,5,10-12H2,1H3,(H,20,22)(H,23,24). The molecule has 1 aromatic carbocycles. The molecule has 0 unspecified atom stereocenters. The molecule has 0 spiro atoms. The van der Waals surface area contributed by atoms with Crippen molar-refractivity contribution in [1.29, 1.82) is 0 Å². The third kappa shape index (κ3) is 3.02. The molecule has 0 saturated heterocycles. The first-order valence-electron chi connectivity index (χ1n) is 8.06. The number of hydrogen-bond donors (Lipinski definition) is 2. The Morgan fingerprint density at radius 1 is 1.17 bits per heavy atom. The van der Waals surface area contributed by atoms with Crippen molar-refractivity contribution in [2.45, 2.75) is 31.6 Å². The third-order valence-electron chi connectivity index (χ3n) is 4.83. The van der Waals surface area contributed by atoms with E-state index in [0.29, 0.717) is 12.2 Å². The van der Waals surface area contributed by atoms with Crippen LogP contribution < -0.4 is 5.32 Å². The number of nitrogens with one attached hydrogen (secondary N) is 1. The van der Waals surface area contributed by atoms with Gasteiger partial charge in [0.1, 0.15) is 5.69 Å². The van der Waals surface area contributed by atoms with E-state index in [1.807, 2.05) is 18.2 Å².